The Morgan fingerprint density at radius 2 is 1.71 bits per heavy atom. The number of ether oxygens (including phenoxy) is 1. The highest BCUT2D eigenvalue weighted by molar-refractivity contribution is 6.12. The van der Waals surface area contributed by atoms with Crippen molar-refractivity contribution in [2.75, 3.05) is 0 Å². The highest BCUT2D eigenvalue weighted by atomic mass is 19.1. The molecule has 0 saturated heterocycles. The van der Waals surface area contributed by atoms with E-state index in [1.165, 1.54) is 24.3 Å². The van der Waals surface area contributed by atoms with Gasteiger partial charge in [-0.2, -0.15) is 0 Å². The number of aliphatic imine (C=N–C) groups is 1. The van der Waals surface area contributed by atoms with E-state index in [1.807, 2.05) is 31.2 Å². The van der Waals surface area contributed by atoms with E-state index >= 15 is 0 Å². The Hall–Kier alpha value is -2.75. The van der Waals surface area contributed by atoms with Crippen LogP contribution < -0.4 is 0 Å². The van der Waals surface area contributed by atoms with Gasteiger partial charge in [-0.15, -0.1) is 0 Å². The van der Waals surface area contributed by atoms with E-state index in [2.05, 4.69) is 4.99 Å². The topological polar surface area (TPSA) is 38.7 Å². The number of carbonyl (C=O) groups is 1. The summed E-state index contributed by atoms with van der Waals surface area (Å²) in [5, 5.41) is 0. The van der Waals surface area contributed by atoms with Gasteiger partial charge in [0.15, 0.2) is 5.70 Å². The molecule has 0 bridgehead atoms. The monoisotopic (exact) mass is 281 g/mol. The van der Waals surface area contributed by atoms with E-state index in [0.29, 0.717) is 5.56 Å². The van der Waals surface area contributed by atoms with Gasteiger partial charge in [-0.3, -0.25) is 0 Å². The van der Waals surface area contributed by atoms with Crippen LogP contribution in [0.25, 0.3) is 6.08 Å². The number of nitrogens with zero attached hydrogens (tertiary/aromatic N) is 1. The van der Waals surface area contributed by atoms with E-state index in [-0.39, 0.29) is 17.4 Å². The Labute approximate surface area is 121 Å². The summed E-state index contributed by atoms with van der Waals surface area (Å²) in [5.41, 5.74) is 2.81. The van der Waals surface area contributed by atoms with Crippen molar-refractivity contribution >= 4 is 17.9 Å². The number of aryl methyl sites for hydroxylation is 1. The normalized spacial score (nSPS) is 16.0. The van der Waals surface area contributed by atoms with Crippen molar-refractivity contribution in [1.82, 2.24) is 0 Å². The minimum Gasteiger partial charge on any atom is -0.402 e. The zero-order chi connectivity index (χ0) is 14.8. The fourth-order valence-corrected chi connectivity index (χ4v) is 1.95. The molecule has 2 aromatic rings. The van der Waals surface area contributed by atoms with Crippen LogP contribution in [0.4, 0.5) is 4.39 Å². The Morgan fingerprint density at radius 1 is 1.05 bits per heavy atom. The molecule has 3 nitrogen and oxygen atoms in total. The minimum atomic E-state index is -0.505. The molecule has 0 saturated carbocycles. The molecule has 104 valence electrons. The summed E-state index contributed by atoms with van der Waals surface area (Å²) < 4.78 is 18.0. The van der Waals surface area contributed by atoms with Crippen LogP contribution in [0.2, 0.25) is 0 Å². The molecule has 1 aliphatic rings. The molecule has 0 spiro atoms. The predicted molar refractivity (Wildman–Crippen MR) is 78.2 cm³/mol. The van der Waals surface area contributed by atoms with Crippen molar-refractivity contribution in [1.29, 1.82) is 0 Å². The molecule has 0 amide bonds. The Bertz CT molecular complexity index is 743. The first-order valence-electron chi connectivity index (χ1n) is 6.47. The van der Waals surface area contributed by atoms with Crippen LogP contribution in [0, 0.1) is 12.7 Å². The van der Waals surface area contributed by atoms with Gasteiger partial charge in [0.25, 0.3) is 0 Å². The van der Waals surface area contributed by atoms with Crippen LogP contribution in [0.5, 0.6) is 0 Å². The van der Waals surface area contributed by atoms with E-state index in [1.54, 1.807) is 6.08 Å². The molecule has 0 atom stereocenters. The second-order valence-electron chi connectivity index (χ2n) is 4.75. The van der Waals surface area contributed by atoms with Gasteiger partial charge in [0.2, 0.25) is 5.90 Å². The van der Waals surface area contributed by atoms with Crippen LogP contribution in [0.3, 0.4) is 0 Å². The molecule has 0 aliphatic carbocycles. The lowest BCUT2D eigenvalue weighted by Crippen LogP contribution is -2.05. The summed E-state index contributed by atoms with van der Waals surface area (Å²) in [6, 6.07) is 13.4. The highest BCUT2D eigenvalue weighted by Gasteiger charge is 2.23. The summed E-state index contributed by atoms with van der Waals surface area (Å²) in [6.07, 6.45) is 1.66. The molecule has 3 rings (SSSR count). The van der Waals surface area contributed by atoms with E-state index in [4.69, 9.17) is 4.74 Å². The van der Waals surface area contributed by atoms with Gasteiger partial charge in [0, 0.05) is 5.56 Å². The Kier molecular flexibility index (Phi) is 3.36. The largest absolute Gasteiger partial charge is 0.402 e. The molecule has 21 heavy (non-hydrogen) atoms. The number of cyclic esters (lactones) is 1. The lowest BCUT2D eigenvalue weighted by Gasteiger charge is -1.98. The lowest BCUT2D eigenvalue weighted by atomic mass is 10.1. The summed E-state index contributed by atoms with van der Waals surface area (Å²) in [7, 11) is 0. The molecule has 0 radical (unpaired) electrons. The lowest BCUT2D eigenvalue weighted by molar-refractivity contribution is -0.129. The second kappa shape index (κ2) is 5.32. The summed E-state index contributed by atoms with van der Waals surface area (Å²) >= 11 is 0. The molecule has 1 heterocycles. The van der Waals surface area contributed by atoms with E-state index < -0.39 is 5.97 Å². The van der Waals surface area contributed by atoms with Crippen LogP contribution in [-0.2, 0) is 9.53 Å². The first-order chi connectivity index (χ1) is 10.1. The molecule has 0 aromatic heterocycles. The zero-order valence-electron chi connectivity index (χ0n) is 11.3. The third-order valence-corrected chi connectivity index (χ3v) is 3.09. The molecule has 4 heteroatoms. The maximum absolute atomic E-state index is 12.9. The zero-order valence-corrected chi connectivity index (χ0v) is 11.3. The second-order valence-corrected chi connectivity index (χ2v) is 4.75. The fraction of sp³-hybridized carbons (Fsp3) is 0.0588. The van der Waals surface area contributed by atoms with Gasteiger partial charge in [-0.25, -0.2) is 14.2 Å². The van der Waals surface area contributed by atoms with Gasteiger partial charge in [0.1, 0.15) is 5.82 Å². The van der Waals surface area contributed by atoms with Crippen molar-refractivity contribution in [2.24, 2.45) is 4.99 Å². The number of hydrogen-bond acceptors (Lipinski definition) is 3. The molecule has 2 aromatic carbocycles. The minimum absolute atomic E-state index is 0.193. The average Bonchev–Trinajstić information content (AvgIpc) is 2.83. The number of benzene rings is 2. The van der Waals surface area contributed by atoms with Crippen molar-refractivity contribution < 1.29 is 13.9 Å². The van der Waals surface area contributed by atoms with Crippen molar-refractivity contribution in [3.05, 3.63) is 76.7 Å². The third kappa shape index (κ3) is 2.89. The van der Waals surface area contributed by atoms with Gasteiger partial charge in [0.05, 0.1) is 0 Å². The van der Waals surface area contributed by atoms with Crippen molar-refractivity contribution in [2.45, 2.75) is 6.92 Å². The average molecular weight is 281 g/mol. The Balaban J connectivity index is 1.91. The van der Waals surface area contributed by atoms with Gasteiger partial charge in [-0.1, -0.05) is 29.8 Å². The van der Waals surface area contributed by atoms with E-state index in [9.17, 15) is 9.18 Å². The number of carbonyl (C=O) groups excluding carboxylic acids is 1. The molecular formula is C17H12FNO2. The van der Waals surface area contributed by atoms with Crippen LogP contribution in [0.1, 0.15) is 16.7 Å². The number of esters is 1. The fourth-order valence-electron chi connectivity index (χ4n) is 1.95. The first-order valence-corrected chi connectivity index (χ1v) is 6.47. The smallest absolute Gasteiger partial charge is 0.363 e. The molecule has 0 unspecified atom stereocenters. The SMILES string of the molecule is Cc1ccc(/C=C2\N=C(c3ccc(F)cc3)OC2=O)cc1. The van der Waals surface area contributed by atoms with Crippen LogP contribution in [0.15, 0.2) is 59.2 Å². The van der Waals surface area contributed by atoms with Crippen molar-refractivity contribution in [3.8, 4) is 0 Å². The summed E-state index contributed by atoms with van der Waals surface area (Å²) in [4.78, 5) is 16.0. The van der Waals surface area contributed by atoms with Crippen LogP contribution in [-0.4, -0.2) is 11.9 Å². The number of rotatable bonds is 2. The van der Waals surface area contributed by atoms with Gasteiger partial charge < -0.3 is 4.74 Å². The van der Waals surface area contributed by atoms with Gasteiger partial charge in [-0.05, 0) is 42.8 Å². The van der Waals surface area contributed by atoms with Gasteiger partial charge >= 0.3 is 5.97 Å². The summed E-state index contributed by atoms with van der Waals surface area (Å²) in [5.74, 6) is -0.660. The van der Waals surface area contributed by atoms with Crippen LogP contribution >= 0.6 is 0 Å². The third-order valence-electron chi connectivity index (χ3n) is 3.09. The predicted octanol–water partition coefficient (Wildman–Crippen LogP) is 3.48. The molecule has 1 aliphatic heterocycles. The number of halogens is 1. The molecule has 0 N–H and O–H groups in total. The van der Waals surface area contributed by atoms with Crippen molar-refractivity contribution in [3.63, 3.8) is 0 Å². The summed E-state index contributed by atoms with van der Waals surface area (Å²) in [6.45, 7) is 1.99. The highest BCUT2D eigenvalue weighted by Crippen LogP contribution is 2.19. The standard InChI is InChI=1S/C17H12FNO2/c1-11-2-4-12(5-3-11)10-15-17(20)21-16(19-15)13-6-8-14(18)9-7-13/h2-10H,1H3/b15-10-. The molecule has 0 fully saturated rings. The first kappa shape index (κ1) is 13.2. The quantitative estimate of drug-likeness (QED) is 0.624. The Morgan fingerprint density at radius 3 is 2.38 bits per heavy atom. The number of hydrogen-bond donors (Lipinski definition) is 0. The molecular weight excluding hydrogens is 269 g/mol. The van der Waals surface area contributed by atoms with E-state index in [0.717, 1.165) is 11.1 Å². The maximum atomic E-state index is 12.9. The maximum Gasteiger partial charge on any atom is 0.363 e.